The Bertz CT molecular complexity index is 808. The van der Waals surface area contributed by atoms with Gasteiger partial charge in [0, 0.05) is 31.3 Å². The van der Waals surface area contributed by atoms with Gasteiger partial charge in [-0.25, -0.2) is 0 Å². The molecule has 4 heteroatoms. The molecule has 3 rings (SSSR count). The van der Waals surface area contributed by atoms with Crippen LogP contribution < -0.4 is 5.32 Å². The van der Waals surface area contributed by atoms with Crippen molar-refractivity contribution in [3.05, 3.63) is 53.9 Å². The Hall–Kier alpha value is -1.93. The number of aromatic nitrogens is 1. The first-order chi connectivity index (χ1) is 15.6. The van der Waals surface area contributed by atoms with Gasteiger partial charge in [-0.3, -0.25) is 4.98 Å². The van der Waals surface area contributed by atoms with Crippen molar-refractivity contribution in [1.29, 1.82) is 0 Å². The summed E-state index contributed by atoms with van der Waals surface area (Å²) in [5.74, 6) is 7.20. The Morgan fingerprint density at radius 3 is 2.84 bits per heavy atom. The van der Waals surface area contributed by atoms with Crippen LogP contribution in [0, 0.1) is 35.5 Å². The van der Waals surface area contributed by atoms with Crippen molar-refractivity contribution in [2.75, 3.05) is 6.54 Å². The van der Waals surface area contributed by atoms with Crippen LogP contribution in [0.4, 0.5) is 0 Å². The van der Waals surface area contributed by atoms with E-state index in [4.69, 9.17) is 0 Å². The molecule has 1 heterocycles. The van der Waals surface area contributed by atoms with Crippen molar-refractivity contribution in [2.45, 2.75) is 77.5 Å². The zero-order chi connectivity index (χ0) is 22.8. The lowest BCUT2D eigenvalue weighted by Gasteiger charge is -2.20. The number of unbranched alkanes of at least 4 members (excludes halogenated alkanes) is 2. The Morgan fingerprint density at radius 1 is 1.25 bits per heavy atom. The minimum atomic E-state index is -0.497. The molecule has 1 aromatic heterocycles. The summed E-state index contributed by atoms with van der Waals surface area (Å²) in [5, 5.41) is 24.5. The van der Waals surface area contributed by atoms with Gasteiger partial charge in [0.05, 0.1) is 12.2 Å². The van der Waals surface area contributed by atoms with Crippen LogP contribution in [0.15, 0.2) is 48.3 Å². The number of rotatable bonds is 12. The lowest BCUT2D eigenvalue weighted by atomic mass is 9.88. The number of nitrogens with zero attached hydrogens (tertiary/aromatic N) is 1. The van der Waals surface area contributed by atoms with Crippen LogP contribution in [-0.2, 0) is 6.54 Å². The summed E-state index contributed by atoms with van der Waals surface area (Å²) < 4.78 is 0. The molecule has 32 heavy (non-hydrogen) atoms. The van der Waals surface area contributed by atoms with Crippen LogP contribution in [-0.4, -0.2) is 33.9 Å². The maximum absolute atomic E-state index is 10.6. The monoisotopic (exact) mass is 436 g/mol. The summed E-state index contributed by atoms with van der Waals surface area (Å²) in [5.41, 5.74) is 2.85. The Morgan fingerprint density at radius 2 is 2.06 bits per heavy atom. The summed E-state index contributed by atoms with van der Waals surface area (Å²) in [6.07, 6.45) is 16.8. The zero-order valence-electron chi connectivity index (χ0n) is 19.7. The first-order valence-corrected chi connectivity index (χ1v) is 12.3. The standard InChI is InChI=1S/C28H40N2O2/c1-3-4-8-21(2)27(31)11-10-25-26-18-23(17-24(26)19-28(25)32)9-6-5-7-14-30-20-22-12-15-29-16-13-22/h10-13,15-17,21,24-28,30-32H,5-9,14,18-20H2,1-2H3/b11-10+/t21-,24-,25+,26-,27+,28+/m0/s1. The molecular weight excluding hydrogens is 396 g/mol. The molecule has 0 aliphatic heterocycles. The second-order valence-corrected chi connectivity index (χ2v) is 9.56. The molecule has 1 saturated carbocycles. The van der Waals surface area contributed by atoms with Crippen molar-refractivity contribution in [3.8, 4) is 11.8 Å². The van der Waals surface area contributed by atoms with Gasteiger partial charge in [-0.1, -0.05) is 37.1 Å². The van der Waals surface area contributed by atoms with Crippen molar-refractivity contribution >= 4 is 0 Å². The number of aliphatic hydroxyl groups is 2. The molecule has 3 N–H and O–H groups in total. The van der Waals surface area contributed by atoms with Crippen molar-refractivity contribution in [1.82, 2.24) is 10.3 Å². The predicted molar refractivity (Wildman–Crippen MR) is 131 cm³/mol. The lowest BCUT2D eigenvalue weighted by molar-refractivity contribution is 0.137. The predicted octanol–water partition coefficient (Wildman–Crippen LogP) is 4.64. The van der Waals surface area contributed by atoms with Gasteiger partial charge < -0.3 is 15.5 Å². The molecule has 6 atom stereocenters. The molecule has 2 aliphatic rings. The molecule has 1 fully saturated rings. The van der Waals surface area contributed by atoms with Gasteiger partial charge in [0.1, 0.15) is 0 Å². The van der Waals surface area contributed by atoms with Crippen LogP contribution in [0.1, 0.15) is 64.4 Å². The summed E-state index contributed by atoms with van der Waals surface area (Å²) in [7, 11) is 0. The van der Waals surface area contributed by atoms with Gasteiger partial charge in [-0.2, -0.15) is 0 Å². The fourth-order valence-electron chi connectivity index (χ4n) is 5.12. The first-order valence-electron chi connectivity index (χ1n) is 12.3. The van der Waals surface area contributed by atoms with E-state index >= 15 is 0 Å². The number of hydrogen-bond donors (Lipinski definition) is 3. The highest BCUT2D eigenvalue weighted by Crippen LogP contribution is 2.48. The summed E-state index contributed by atoms with van der Waals surface area (Å²) in [4.78, 5) is 4.05. The number of fused-ring (bicyclic) bond motifs is 1. The summed E-state index contributed by atoms with van der Waals surface area (Å²) >= 11 is 0. The van der Waals surface area contributed by atoms with Crippen LogP contribution in [0.5, 0.6) is 0 Å². The fraction of sp³-hybridized carbons (Fsp3) is 0.607. The van der Waals surface area contributed by atoms with E-state index in [2.05, 4.69) is 46.4 Å². The topological polar surface area (TPSA) is 65.4 Å². The summed E-state index contributed by atoms with van der Waals surface area (Å²) in [6, 6.07) is 4.11. The SMILES string of the molecule is CC#CC[C@H](C)[C@H](O)/C=C/[C@@H]1[C@H]2CC(CCCCCNCc3ccncc3)=C[C@H]2C[C@H]1O. The third-order valence-corrected chi connectivity index (χ3v) is 7.09. The number of pyridine rings is 1. The molecule has 0 unspecified atom stereocenters. The molecular formula is C28H40N2O2. The Kier molecular flexibility index (Phi) is 9.99. The number of allylic oxidation sites excluding steroid dienone is 2. The second-order valence-electron chi connectivity index (χ2n) is 9.56. The molecule has 0 spiro atoms. The molecule has 0 saturated heterocycles. The molecule has 0 aromatic carbocycles. The van der Waals surface area contributed by atoms with Gasteiger partial charge >= 0.3 is 0 Å². The second kappa shape index (κ2) is 12.9. The minimum Gasteiger partial charge on any atom is -0.392 e. The molecule has 1 aromatic rings. The molecule has 0 amide bonds. The fourth-order valence-corrected chi connectivity index (χ4v) is 5.12. The third-order valence-electron chi connectivity index (χ3n) is 7.09. The highest BCUT2D eigenvalue weighted by Gasteiger charge is 2.43. The quantitative estimate of drug-likeness (QED) is 0.254. The van der Waals surface area contributed by atoms with E-state index in [1.807, 2.05) is 32.3 Å². The largest absolute Gasteiger partial charge is 0.392 e. The lowest BCUT2D eigenvalue weighted by Crippen LogP contribution is -2.19. The van der Waals surface area contributed by atoms with Gasteiger partial charge in [-0.05, 0) is 81.0 Å². The van der Waals surface area contributed by atoms with Gasteiger partial charge in [0.2, 0.25) is 0 Å². The molecule has 174 valence electrons. The van der Waals surface area contributed by atoms with Gasteiger partial charge in [0.25, 0.3) is 0 Å². The minimum absolute atomic E-state index is 0.115. The van der Waals surface area contributed by atoms with E-state index in [1.54, 1.807) is 5.57 Å². The van der Waals surface area contributed by atoms with Gasteiger partial charge in [0.15, 0.2) is 0 Å². The van der Waals surface area contributed by atoms with E-state index in [0.717, 1.165) is 25.9 Å². The van der Waals surface area contributed by atoms with E-state index in [1.165, 1.54) is 31.2 Å². The van der Waals surface area contributed by atoms with Crippen LogP contribution >= 0.6 is 0 Å². The Labute approximate surface area is 194 Å². The normalized spacial score (nSPS) is 26.4. The number of nitrogens with one attached hydrogen (secondary N) is 1. The Balaban J connectivity index is 1.34. The first kappa shape index (κ1) is 24.7. The van der Waals surface area contributed by atoms with Crippen LogP contribution in [0.3, 0.4) is 0 Å². The van der Waals surface area contributed by atoms with Crippen LogP contribution in [0.25, 0.3) is 0 Å². The highest BCUT2D eigenvalue weighted by molar-refractivity contribution is 5.21. The van der Waals surface area contributed by atoms with E-state index in [-0.39, 0.29) is 17.9 Å². The average molecular weight is 437 g/mol. The van der Waals surface area contributed by atoms with Crippen LogP contribution in [0.2, 0.25) is 0 Å². The zero-order valence-corrected chi connectivity index (χ0v) is 19.7. The number of aliphatic hydroxyl groups excluding tert-OH is 2. The average Bonchev–Trinajstić information content (AvgIpc) is 3.32. The maximum Gasteiger partial charge on any atom is 0.0755 e. The smallest absolute Gasteiger partial charge is 0.0755 e. The number of hydrogen-bond acceptors (Lipinski definition) is 4. The molecule has 0 bridgehead atoms. The van der Waals surface area contributed by atoms with E-state index in [0.29, 0.717) is 18.3 Å². The summed E-state index contributed by atoms with van der Waals surface area (Å²) in [6.45, 7) is 5.82. The maximum atomic E-state index is 10.6. The van der Waals surface area contributed by atoms with E-state index < -0.39 is 6.10 Å². The van der Waals surface area contributed by atoms with Gasteiger partial charge in [-0.15, -0.1) is 11.8 Å². The van der Waals surface area contributed by atoms with Crippen molar-refractivity contribution < 1.29 is 10.2 Å². The molecule has 4 nitrogen and oxygen atoms in total. The molecule has 2 aliphatic carbocycles. The van der Waals surface area contributed by atoms with Crippen molar-refractivity contribution in [3.63, 3.8) is 0 Å². The highest BCUT2D eigenvalue weighted by atomic mass is 16.3. The molecule has 0 radical (unpaired) electrons. The third kappa shape index (κ3) is 7.30. The van der Waals surface area contributed by atoms with E-state index in [9.17, 15) is 10.2 Å². The van der Waals surface area contributed by atoms with Crippen molar-refractivity contribution in [2.24, 2.45) is 23.7 Å².